The predicted octanol–water partition coefficient (Wildman–Crippen LogP) is 2.80. The Balaban J connectivity index is 2.05. The van der Waals surface area contributed by atoms with Crippen LogP contribution in [0, 0.1) is 0 Å². The molecule has 2 aromatic rings. The van der Waals surface area contributed by atoms with Gasteiger partial charge in [0.05, 0.1) is 7.11 Å². The molecular formula is C13H11F2N3O3S. The van der Waals surface area contributed by atoms with Crippen molar-refractivity contribution in [3.63, 3.8) is 0 Å². The molecule has 2 rings (SSSR count). The van der Waals surface area contributed by atoms with Gasteiger partial charge in [-0.1, -0.05) is 17.4 Å². The van der Waals surface area contributed by atoms with Crippen molar-refractivity contribution in [1.29, 1.82) is 0 Å². The molecule has 0 atom stereocenters. The van der Waals surface area contributed by atoms with E-state index in [0.29, 0.717) is 10.7 Å². The number of nitrogens with one attached hydrogen (secondary N) is 1. The average molecular weight is 327 g/mol. The minimum atomic E-state index is -2.94. The van der Waals surface area contributed by atoms with Crippen molar-refractivity contribution in [1.82, 2.24) is 10.2 Å². The summed E-state index contributed by atoms with van der Waals surface area (Å²) in [6.07, 6.45) is 2.79. The van der Waals surface area contributed by atoms with E-state index in [1.54, 1.807) is 0 Å². The lowest BCUT2D eigenvalue weighted by molar-refractivity contribution is -0.111. The number of amides is 1. The fourth-order valence-corrected chi connectivity index (χ4v) is 1.98. The lowest BCUT2D eigenvalue weighted by Gasteiger charge is -2.10. The molecule has 0 bridgehead atoms. The van der Waals surface area contributed by atoms with Crippen LogP contribution >= 0.6 is 11.3 Å². The van der Waals surface area contributed by atoms with Crippen molar-refractivity contribution in [3.05, 3.63) is 35.3 Å². The van der Waals surface area contributed by atoms with Crippen LogP contribution in [0.4, 0.5) is 13.9 Å². The highest BCUT2D eigenvalue weighted by atomic mass is 32.1. The van der Waals surface area contributed by atoms with E-state index in [-0.39, 0.29) is 17.4 Å². The number of nitrogens with zero attached hydrogens (tertiary/aromatic N) is 2. The molecule has 1 heterocycles. The van der Waals surface area contributed by atoms with Gasteiger partial charge in [-0.3, -0.25) is 10.1 Å². The van der Waals surface area contributed by atoms with E-state index in [1.807, 2.05) is 0 Å². The molecule has 0 unspecified atom stereocenters. The van der Waals surface area contributed by atoms with Gasteiger partial charge in [0.15, 0.2) is 11.5 Å². The first-order chi connectivity index (χ1) is 10.6. The zero-order chi connectivity index (χ0) is 15.9. The fraction of sp³-hybridized carbons (Fsp3) is 0.154. The normalized spacial score (nSPS) is 10.9. The Kier molecular flexibility index (Phi) is 5.37. The molecule has 116 valence electrons. The van der Waals surface area contributed by atoms with Crippen LogP contribution in [0.25, 0.3) is 6.08 Å². The summed E-state index contributed by atoms with van der Waals surface area (Å²) in [5.74, 6) is -0.316. The first-order valence-corrected chi connectivity index (χ1v) is 6.84. The Morgan fingerprint density at radius 1 is 1.41 bits per heavy atom. The largest absolute Gasteiger partial charge is 0.493 e. The van der Waals surface area contributed by atoms with Crippen molar-refractivity contribution in [2.75, 3.05) is 12.4 Å². The third-order valence-electron chi connectivity index (χ3n) is 2.42. The van der Waals surface area contributed by atoms with E-state index < -0.39 is 6.61 Å². The smallest absolute Gasteiger partial charge is 0.387 e. The van der Waals surface area contributed by atoms with Crippen LogP contribution in [0.15, 0.2) is 29.8 Å². The van der Waals surface area contributed by atoms with Gasteiger partial charge in [-0.05, 0) is 23.8 Å². The molecule has 0 aliphatic carbocycles. The van der Waals surface area contributed by atoms with Gasteiger partial charge in [0, 0.05) is 6.08 Å². The van der Waals surface area contributed by atoms with Crippen LogP contribution in [-0.2, 0) is 4.79 Å². The summed E-state index contributed by atoms with van der Waals surface area (Å²) in [5.41, 5.74) is 2.08. The van der Waals surface area contributed by atoms with Crippen molar-refractivity contribution < 1.29 is 23.0 Å². The third kappa shape index (κ3) is 4.48. The molecule has 1 amide bonds. The van der Waals surface area contributed by atoms with Gasteiger partial charge in [0.25, 0.3) is 0 Å². The number of carbonyl (C=O) groups excluding carboxylic acids is 1. The number of carbonyl (C=O) groups is 1. The highest BCUT2D eigenvalue weighted by Crippen LogP contribution is 2.29. The molecule has 0 radical (unpaired) electrons. The Morgan fingerprint density at radius 3 is 2.86 bits per heavy atom. The summed E-state index contributed by atoms with van der Waals surface area (Å²) >= 11 is 1.19. The molecule has 0 aliphatic rings. The van der Waals surface area contributed by atoms with Crippen molar-refractivity contribution in [2.45, 2.75) is 6.61 Å². The van der Waals surface area contributed by atoms with Gasteiger partial charge in [0.2, 0.25) is 11.0 Å². The van der Waals surface area contributed by atoms with Crippen molar-refractivity contribution in [2.24, 2.45) is 0 Å². The maximum atomic E-state index is 12.2. The number of rotatable bonds is 6. The van der Waals surface area contributed by atoms with Crippen LogP contribution in [0.3, 0.4) is 0 Å². The van der Waals surface area contributed by atoms with Gasteiger partial charge in [-0.15, -0.1) is 10.2 Å². The van der Waals surface area contributed by atoms with Gasteiger partial charge in [-0.25, -0.2) is 0 Å². The topological polar surface area (TPSA) is 73.3 Å². The van der Waals surface area contributed by atoms with Crippen molar-refractivity contribution >= 4 is 28.5 Å². The quantitative estimate of drug-likeness (QED) is 0.826. The SMILES string of the molecule is COc1cc(/C=C/C(=O)Nc2nncs2)ccc1OC(F)F. The minimum Gasteiger partial charge on any atom is -0.493 e. The Hall–Kier alpha value is -2.55. The average Bonchev–Trinajstić information content (AvgIpc) is 2.98. The Labute approximate surface area is 128 Å². The molecule has 1 N–H and O–H groups in total. The van der Waals surface area contributed by atoms with Gasteiger partial charge in [-0.2, -0.15) is 8.78 Å². The first-order valence-electron chi connectivity index (χ1n) is 5.96. The van der Waals surface area contributed by atoms with E-state index >= 15 is 0 Å². The zero-order valence-electron chi connectivity index (χ0n) is 11.3. The van der Waals surface area contributed by atoms with Crippen molar-refractivity contribution in [3.8, 4) is 11.5 Å². The molecule has 22 heavy (non-hydrogen) atoms. The highest BCUT2D eigenvalue weighted by Gasteiger charge is 2.10. The number of anilines is 1. The lowest BCUT2D eigenvalue weighted by Crippen LogP contribution is -2.07. The first kappa shape index (κ1) is 15.8. The number of benzene rings is 1. The zero-order valence-corrected chi connectivity index (χ0v) is 12.1. The number of hydrogen-bond acceptors (Lipinski definition) is 6. The van der Waals surface area contributed by atoms with E-state index in [1.165, 1.54) is 54.3 Å². The van der Waals surface area contributed by atoms with Crippen LogP contribution in [-0.4, -0.2) is 29.8 Å². The second kappa shape index (κ2) is 7.46. The summed E-state index contributed by atoms with van der Waals surface area (Å²) in [4.78, 5) is 11.6. The standard InChI is InChI=1S/C13H11F2N3O3S/c1-20-10-6-8(2-4-9(10)21-12(14)15)3-5-11(19)17-13-18-16-7-22-13/h2-7,12H,1H3,(H,17,18,19)/b5-3+. The fourth-order valence-electron chi connectivity index (χ4n) is 1.53. The lowest BCUT2D eigenvalue weighted by atomic mass is 10.2. The predicted molar refractivity (Wildman–Crippen MR) is 77.2 cm³/mol. The highest BCUT2D eigenvalue weighted by molar-refractivity contribution is 7.13. The second-order valence-corrected chi connectivity index (χ2v) is 4.69. The summed E-state index contributed by atoms with van der Waals surface area (Å²) in [6.45, 7) is -2.94. The molecule has 0 fully saturated rings. The van der Waals surface area contributed by atoms with Gasteiger partial charge >= 0.3 is 6.61 Å². The molecule has 1 aromatic carbocycles. The molecule has 0 saturated heterocycles. The number of alkyl halides is 2. The van der Waals surface area contributed by atoms with Gasteiger partial charge < -0.3 is 9.47 Å². The van der Waals surface area contributed by atoms with E-state index in [9.17, 15) is 13.6 Å². The maximum absolute atomic E-state index is 12.2. The number of aromatic nitrogens is 2. The van der Waals surface area contributed by atoms with Crippen LogP contribution < -0.4 is 14.8 Å². The summed E-state index contributed by atoms with van der Waals surface area (Å²) in [5, 5.41) is 10.2. The molecule has 0 spiro atoms. The number of methoxy groups -OCH3 is 1. The molecule has 1 aromatic heterocycles. The Morgan fingerprint density at radius 2 is 2.23 bits per heavy atom. The Bertz CT molecular complexity index is 663. The van der Waals surface area contributed by atoms with E-state index in [2.05, 4.69) is 20.3 Å². The number of halogens is 2. The second-order valence-electron chi connectivity index (χ2n) is 3.86. The maximum Gasteiger partial charge on any atom is 0.387 e. The molecular weight excluding hydrogens is 316 g/mol. The molecule has 0 saturated carbocycles. The van der Waals surface area contributed by atoms with Crippen LogP contribution in [0.2, 0.25) is 0 Å². The summed E-state index contributed by atoms with van der Waals surface area (Å²) in [7, 11) is 1.34. The number of ether oxygens (including phenoxy) is 2. The number of hydrogen-bond donors (Lipinski definition) is 1. The van der Waals surface area contributed by atoms with E-state index in [4.69, 9.17) is 4.74 Å². The van der Waals surface area contributed by atoms with Crippen LogP contribution in [0.5, 0.6) is 11.5 Å². The molecule has 0 aliphatic heterocycles. The molecule has 9 heteroatoms. The monoisotopic (exact) mass is 327 g/mol. The summed E-state index contributed by atoms with van der Waals surface area (Å²) in [6, 6.07) is 4.34. The third-order valence-corrected chi connectivity index (χ3v) is 3.03. The molecule has 6 nitrogen and oxygen atoms in total. The van der Waals surface area contributed by atoms with Gasteiger partial charge in [0.1, 0.15) is 5.51 Å². The summed E-state index contributed by atoms with van der Waals surface area (Å²) < 4.78 is 33.7. The minimum absolute atomic E-state index is 0.0760. The van der Waals surface area contributed by atoms with Crippen LogP contribution in [0.1, 0.15) is 5.56 Å². The van der Waals surface area contributed by atoms with E-state index in [0.717, 1.165) is 0 Å².